The molecule has 0 aliphatic heterocycles. The molecule has 2 rings (SSSR count). The van der Waals surface area contributed by atoms with Crippen LogP contribution in [0.5, 0.6) is 0 Å². The van der Waals surface area contributed by atoms with Crippen LogP contribution in [0.4, 0.5) is 5.69 Å². The van der Waals surface area contributed by atoms with Gasteiger partial charge >= 0.3 is 5.97 Å². The molecule has 0 heterocycles. The Morgan fingerprint density at radius 3 is 2.21 bits per heavy atom. The van der Waals surface area contributed by atoms with E-state index in [-0.39, 0.29) is 23.0 Å². The van der Waals surface area contributed by atoms with Crippen LogP contribution in [0.15, 0.2) is 59.5 Å². The number of esters is 1. The van der Waals surface area contributed by atoms with E-state index in [2.05, 4.69) is 0 Å². The highest BCUT2D eigenvalue weighted by Gasteiger charge is 2.23. The number of benzene rings is 2. The first-order chi connectivity index (χ1) is 13.3. The second kappa shape index (κ2) is 9.36. The molecule has 0 aliphatic rings. The van der Waals surface area contributed by atoms with Crippen LogP contribution >= 0.6 is 0 Å². The fourth-order valence-corrected chi connectivity index (χ4v) is 3.84. The van der Waals surface area contributed by atoms with Crippen molar-refractivity contribution in [2.24, 2.45) is 0 Å². The first-order valence-corrected chi connectivity index (χ1v) is 10.3. The SMILES string of the molecule is CCN(CC)C(=O)COC(=O)c1cccc(S(=O)(=O)N(C)c2ccccc2)c1. The Morgan fingerprint density at radius 2 is 1.61 bits per heavy atom. The van der Waals surface area contributed by atoms with E-state index in [0.29, 0.717) is 18.8 Å². The highest BCUT2D eigenvalue weighted by atomic mass is 32.2. The topological polar surface area (TPSA) is 84.0 Å². The molecule has 8 heteroatoms. The van der Waals surface area contributed by atoms with E-state index in [9.17, 15) is 18.0 Å². The van der Waals surface area contributed by atoms with E-state index >= 15 is 0 Å². The predicted molar refractivity (Wildman–Crippen MR) is 107 cm³/mol. The predicted octanol–water partition coefficient (Wildman–Crippen LogP) is 2.54. The molecule has 7 nitrogen and oxygen atoms in total. The summed E-state index contributed by atoms with van der Waals surface area (Å²) in [4.78, 5) is 25.7. The highest BCUT2D eigenvalue weighted by Crippen LogP contribution is 2.22. The number of para-hydroxylation sites is 1. The van der Waals surface area contributed by atoms with Crippen LogP contribution in [0.2, 0.25) is 0 Å². The second-order valence-corrected chi connectivity index (χ2v) is 7.95. The van der Waals surface area contributed by atoms with Crippen molar-refractivity contribution in [3.63, 3.8) is 0 Å². The molecular weight excluding hydrogens is 380 g/mol. The Kier molecular flexibility index (Phi) is 7.17. The molecule has 0 radical (unpaired) electrons. The summed E-state index contributed by atoms with van der Waals surface area (Å²) in [5.41, 5.74) is 0.565. The van der Waals surface area contributed by atoms with Crippen molar-refractivity contribution in [2.45, 2.75) is 18.7 Å². The zero-order valence-corrected chi connectivity index (χ0v) is 17.0. The zero-order chi connectivity index (χ0) is 20.7. The van der Waals surface area contributed by atoms with Crippen LogP contribution in [0, 0.1) is 0 Å². The Balaban J connectivity index is 2.17. The summed E-state index contributed by atoms with van der Waals surface area (Å²) in [6.07, 6.45) is 0. The summed E-state index contributed by atoms with van der Waals surface area (Å²) in [6, 6.07) is 14.2. The van der Waals surface area contributed by atoms with Gasteiger partial charge < -0.3 is 9.64 Å². The fraction of sp³-hybridized carbons (Fsp3) is 0.300. The molecule has 150 valence electrons. The maximum Gasteiger partial charge on any atom is 0.338 e. The summed E-state index contributed by atoms with van der Waals surface area (Å²) in [6.45, 7) is 4.32. The van der Waals surface area contributed by atoms with E-state index < -0.39 is 16.0 Å². The third-order valence-electron chi connectivity index (χ3n) is 4.29. The van der Waals surface area contributed by atoms with Crippen molar-refractivity contribution >= 4 is 27.6 Å². The molecule has 0 bridgehead atoms. The number of amides is 1. The third-order valence-corrected chi connectivity index (χ3v) is 6.07. The maximum absolute atomic E-state index is 12.9. The molecule has 2 aromatic rings. The number of carbonyl (C=O) groups excluding carboxylic acids is 2. The van der Waals surface area contributed by atoms with Gasteiger partial charge in [0.2, 0.25) is 0 Å². The molecule has 0 atom stereocenters. The number of hydrogen-bond acceptors (Lipinski definition) is 5. The minimum Gasteiger partial charge on any atom is -0.452 e. The Hall–Kier alpha value is -2.87. The van der Waals surface area contributed by atoms with E-state index in [4.69, 9.17) is 4.74 Å². The lowest BCUT2D eigenvalue weighted by Gasteiger charge is -2.20. The molecular formula is C20H24N2O5S. The quantitative estimate of drug-likeness (QED) is 0.632. The van der Waals surface area contributed by atoms with Crippen LogP contribution in [0.25, 0.3) is 0 Å². The van der Waals surface area contributed by atoms with E-state index in [1.807, 2.05) is 13.8 Å². The number of nitrogens with zero attached hydrogens (tertiary/aromatic N) is 2. The van der Waals surface area contributed by atoms with Crippen LogP contribution in [-0.4, -0.2) is 51.9 Å². The molecule has 0 aliphatic carbocycles. The average Bonchev–Trinajstić information content (AvgIpc) is 2.73. The van der Waals surface area contributed by atoms with Gasteiger partial charge in [0, 0.05) is 20.1 Å². The van der Waals surface area contributed by atoms with Crippen LogP contribution in [0.1, 0.15) is 24.2 Å². The van der Waals surface area contributed by atoms with Gasteiger partial charge in [0.05, 0.1) is 16.1 Å². The van der Waals surface area contributed by atoms with Crippen molar-refractivity contribution in [1.82, 2.24) is 4.90 Å². The highest BCUT2D eigenvalue weighted by molar-refractivity contribution is 7.92. The van der Waals surface area contributed by atoms with Crippen molar-refractivity contribution in [3.8, 4) is 0 Å². The second-order valence-electron chi connectivity index (χ2n) is 5.98. The monoisotopic (exact) mass is 404 g/mol. The minimum atomic E-state index is -3.85. The lowest BCUT2D eigenvalue weighted by molar-refractivity contribution is -0.134. The molecule has 0 spiro atoms. The molecule has 2 aromatic carbocycles. The van der Waals surface area contributed by atoms with Crippen LogP contribution in [-0.2, 0) is 19.6 Å². The Bertz CT molecular complexity index is 925. The largest absolute Gasteiger partial charge is 0.452 e. The number of likely N-dealkylation sites (N-methyl/N-ethyl adjacent to an activating group) is 1. The fourth-order valence-electron chi connectivity index (χ4n) is 2.60. The lowest BCUT2D eigenvalue weighted by atomic mass is 10.2. The van der Waals surface area contributed by atoms with Gasteiger partial charge in [-0.15, -0.1) is 0 Å². The van der Waals surface area contributed by atoms with Crippen LogP contribution in [0.3, 0.4) is 0 Å². The number of rotatable bonds is 8. The minimum absolute atomic E-state index is 0.0385. The molecule has 28 heavy (non-hydrogen) atoms. The van der Waals surface area contributed by atoms with E-state index in [0.717, 1.165) is 4.31 Å². The molecule has 0 fully saturated rings. The first kappa shape index (κ1) is 21.4. The summed E-state index contributed by atoms with van der Waals surface area (Å²) < 4.78 is 31.9. The zero-order valence-electron chi connectivity index (χ0n) is 16.2. The molecule has 0 saturated heterocycles. The Morgan fingerprint density at radius 1 is 0.964 bits per heavy atom. The molecule has 0 unspecified atom stereocenters. The Labute approximate surface area is 165 Å². The summed E-state index contributed by atoms with van der Waals surface area (Å²) in [7, 11) is -2.41. The third kappa shape index (κ3) is 4.89. The van der Waals surface area contributed by atoms with Gasteiger partial charge in [-0.3, -0.25) is 9.10 Å². The number of ether oxygens (including phenoxy) is 1. The first-order valence-electron chi connectivity index (χ1n) is 8.90. The van der Waals surface area contributed by atoms with Gasteiger partial charge in [-0.05, 0) is 44.2 Å². The van der Waals surface area contributed by atoms with Gasteiger partial charge in [-0.1, -0.05) is 24.3 Å². The van der Waals surface area contributed by atoms with Crippen molar-refractivity contribution in [3.05, 3.63) is 60.2 Å². The number of anilines is 1. The summed E-state index contributed by atoms with van der Waals surface area (Å²) in [5.74, 6) is -1.05. The van der Waals surface area contributed by atoms with Gasteiger partial charge in [-0.25, -0.2) is 13.2 Å². The van der Waals surface area contributed by atoms with Gasteiger partial charge in [0.15, 0.2) is 6.61 Å². The number of carbonyl (C=O) groups is 2. The van der Waals surface area contributed by atoms with Crippen LogP contribution < -0.4 is 4.31 Å². The molecule has 0 aromatic heterocycles. The van der Waals surface area contributed by atoms with E-state index in [1.54, 1.807) is 35.2 Å². The van der Waals surface area contributed by atoms with Crippen molar-refractivity contribution in [1.29, 1.82) is 0 Å². The molecule has 1 amide bonds. The summed E-state index contributed by atoms with van der Waals surface area (Å²) >= 11 is 0. The van der Waals surface area contributed by atoms with Crippen molar-refractivity contribution < 1.29 is 22.7 Å². The summed E-state index contributed by atoms with van der Waals surface area (Å²) in [5, 5.41) is 0. The lowest BCUT2D eigenvalue weighted by Crippen LogP contribution is -2.34. The van der Waals surface area contributed by atoms with E-state index in [1.165, 1.54) is 31.3 Å². The molecule has 0 N–H and O–H groups in total. The molecule has 0 saturated carbocycles. The smallest absolute Gasteiger partial charge is 0.338 e. The van der Waals surface area contributed by atoms with Gasteiger partial charge in [0.1, 0.15) is 0 Å². The standard InChI is InChI=1S/C20H24N2O5S/c1-4-22(5-2)19(23)15-27-20(24)16-10-9-13-18(14-16)28(25,26)21(3)17-11-7-6-8-12-17/h6-14H,4-5,15H2,1-3H3. The van der Waals surface area contributed by atoms with Gasteiger partial charge in [0.25, 0.3) is 15.9 Å². The van der Waals surface area contributed by atoms with Gasteiger partial charge in [-0.2, -0.15) is 0 Å². The number of sulfonamides is 1. The average molecular weight is 404 g/mol. The maximum atomic E-state index is 12.9. The van der Waals surface area contributed by atoms with Crippen molar-refractivity contribution in [2.75, 3.05) is 31.0 Å². The number of hydrogen-bond donors (Lipinski definition) is 0. The normalized spacial score (nSPS) is 11.0.